The van der Waals surface area contributed by atoms with Crippen molar-refractivity contribution in [2.24, 2.45) is 0 Å². The van der Waals surface area contributed by atoms with E-state index in [0.717, 1.165) is 22.8 Å². The van der Waals surface area contributed by atoms with Crippen LogP contribution >= 0.6 is 45.5 Å². The lowest BCUT2D eigenvalue weighted by molar-refractivity contribution is 0.0932. The Hall–Kier alpha value is -0.590. The van der Waals surface area contributed by atoms with Gasteiger partial charge >= 0.3 is 0 Å². The van der Waals surface area contributed by atoms with Gasteiger partial charge in [-0.05, 0) is 77.1 Å². The van der Waals surface area contributed by atoms with Gasteiger partial charge in [-0.1, -0.05) is 11.6 Å². The maximum absolute atomic E-state index is 12.4. The molecule has 0 radical (unpaired) electrons. The van der Waals surface area contributed by atoms with Crippen molar-refractivity contribution in [3.63, 3.8) is 0 Å². The Balaban J connectivity index is 1.82. The van der Waals surface area contributed by atoms with Gasteiger partial charge < -0.3 is 5.32 Å². The normalized spacial score (nSPS) is 17.6. The third kappa shape index (κ3) is 2.87. The van der Waals surface area contributed by atoms with Crippen molar-refractivity contribution in [3.8, 4) is 0 Å². The van der Waals surface area contributed by atoms with E-state index in [1.54, 1.807) is 23.5 Å². The van der Waals surface area contributed by atoms with Crippen LogP contribution in [0.15, 0.2) is 29.6 Å². The molecule has 0 fully saturated rings. The average molecular weight is 418 g/mol. The number of amides is 1. The van der Waals surface area contributed by atoms with Crippen LogP contribution in [0.2, 0.25) is 5.02 Å². The summed E-state index contributed by atoms with van der Waals surface area (Å²) in [5.41, 5.74) is 1.94. The van der Waals surface area contributed by atoms with Crippen LogP contribution in [0.25, 0.3) is 0 Å². The summed E-state index contributed by atoms with van der Waals surface area (Å²) in [4.78, 5) is 13.9. The molecule has 5 heteroatoms. The second kappa shape index (κ2) is 6.03. The molecule has 2 nitrogen and oxygen atoms in total. The molecule has 1 heterocycles. The number of halogens is 2. The second-order valence-corrected chi connectivity index (χ2v) is 7.44. The first-order valence-corrected chi connectivity index (χ1v) is 8.81. The van der Waals surface area contributed by atoms with E-state index in [4.69, 9.17) is 11.6 Å². The summed E-state index contributed by atoms with van der Waals surface area (Å²) < 4.78 is 0.922. The largest absolute Gasteiger partial charge is 0.345 e. The smallest absolute Gasteiger partial charge is 0.252 e. The molecule has 3 rings (SSSR count). The molecule has 0 aliphatic heterocycles. The first kappa shape index (κ1) is 14.4. The van der Waals surface area contributed by atoms with Crippen LogP contribution in [-0.4, -0.2) is 5.91 Å². The molecule has 1 aliphatic carbocycles. The molecule has 0 bridgehead atoms. The number of aryl methyl sites for hydroxylation is 1. The van der Waals surface area contributed by atoms with Crippen LogP contribution in [0.5, 0.6) is 0 Å². The zero-order chi connectivity index (χ0) is 14.1. The van der Waals surface area contributed by atoms with Crippen LogP contribution in [0, 0.1) is 3.57 Å². The second-order valence-electron chi connectivity index (χ2n) is 4.84. The molecule has 0 saturated carbocycles. The van der Waals surface area contributed by atoms with Crippen LogP contribution in [-0.2, 0) is 6.42 Å². The summed E-state index contributed by atoms with van der Waals surface area (Å²) >= 11 is 9.94. The molecule has 2 aromatic rings. The minimum atomic E-state index is -0.0408. The molecular weight excluding hydrogens is 405 g/mol. The summed E-state index contributed by atoms with van der Waals surface area (Å²) in [6.07, 6.45) is 3.27. The van der Waals surface area contributed by atoms with Gasteiger partial charge in [0.2, 0.25) is 0 Å². The van der Waals surface area contributed by atoms with Crippen molar-refractivity contribution in [1.29, 1.82) is 0 Å². The Morgan fingerprint density at radius 3 is 3.10 bits per heavy atom. The number of hydrogen-bond acceptors (Lipinski definition) is 2. The van der Waals surface area contributed by atoms with E-state index in [9.17, 15) is 4.79 Å². The van der Waals surface area contributed by atoms with E-state index in [-0.39, 0.29) is 11.9 Å². The predicted molar refractivity (Wildman–Crippen MR) is 91.6 cm³/mol. The summed E-state index contributed by atoms with van der Waals surface area (Å²) in [6.45, 7) is 0. The Morgan fingerprint density at radius 1 is 1.40 bits per heavy atom. The van der Waals surface area contributed by atoms with Crippen LogP contribution in [0.3, 0.4) is 0 Å². The molecule has 1 aromatic heterocycles. The minimum absolute atomic E-state index is 0.0408. The van der Waals surface area contributed by atoms with Gasteiger partial charge in [-0.3, -0.25) is 4.79 Å². The number of hydrogen-bond donors (Lipinski definition) is 1. The SMILES string of the molecule is O=C(NC1CCCc2sccc21)c1cc(Cl)ccc1I. The van der Waals surface area contributed by atoms with Gasteiger partial charge in [0.1, 0.15) is 0 Å². The number of carbonyl (C=O) groups excluding carboxylic acids is 1. The van der Waals surface area contributed by atoms with Crippen molar-refractivity contribution in [1.82, 2.24) is 5.32 Å². The topological polar surface area (TPSA) is 29.1 Å². The third-order valence-electron chi connectivity index (χ3n) is 3.53. The minimum Gasteiger partial charge on any atom is -0.345 e. The van der Waals surface area contributed by atoms with Gasteiger partial charge in [-0.15, -0.1) is 11.3 Å². The third-order valence-corrected chi connectivity index (χ3v) is 5.70. The van der Waals surface area contributed by atoms with E-state index < -0.39 is 0 Å². The first-order valence-electron chi connectivity index (χ1n) is 6.47. The van der Waals surface area contributed by atoms with E-state index in [2.05, 4.69) is 39.4 Å². The predicted octanol–water partition coefficient (Wildman–Crippen LogP) is 4.81. The fraction of sp³-hybridized carbons (Fsp3) is 0.267. The fourth-order valence-electron chi connectivity index (χ4n) is 2.54. The highest BCUT2D eigenvalue weighted by Crippen LogP contribution is 2.33. The van der Waals surface area contributed by atoms with Crippen molar-refractivity contribution < 1.29 is 4.79 Å². The van der Waals surface area contributed by atoms with Gasteiger partial charge in [0.25, 0.3) is 5.91 Å². The summed E-state index contributed by atoms with van der Waals surface area (Å²) in [7, 11) is 0. The molecule has 0 spiro atoms. The lowest BCUT2D eigenvalue weighted by Crippen LogP contribution is -2.30. The highest BCUT2D eigenvalue weighted by atomic mass is 127. The van der Waals surface area contributed by atoms with Crippen LogP contribution in [0.4, 0.5) is 0 Å². The molecule has 104 valence electrons. The molecule has 1 N–H and O–H groups in total. The van der Waals surface area contributed by atoms with Crippen molar-refractivity contribution >= 4 is 51.4 Å². The van der Waals surface area contributed by atoms with Gasteiger partial charge in [0, 0.05) is 13.5 Å². The number of benzene rings is 1. The number of nitrogens with one attached hydrogen (secondary N) is 1. The van der Waals surface area contributed by atoms with Crippen molar-refractivity contribution in [2.75, 3.05) is 0 Å². The number of rotatable bonds is 2. The molecule has 1 aliphatic rings. The fourth-order valence-corrected chi connectivity index (χ4v) is 4.28. The maximum atomic E-state index is 12.4. The van der Waals surface area contributed by atoms with E-state index in [0.29, 0.717) is 10.6 Å². The quantitative estimate of drug-likeness (QED) is 0.698. The summed E-state index contributed by atoms with van der Waals surface area (Å²) in [6, 6.07) is 7.67. The highest BCUT2D eigenvalue weighted by Gasteiger charge is 2.23. The zero-order valence-corrected chi connectivity index (χ0v) is 14.4. The molecule has 1 amide bonds. The van der Waals surface area contributed by atoms with E-state index in [1.165, 1.54) is 10.4 Å². The van der Waals surface area contributed by atoms with E-state index >= 15 is 0 Å². The lowest BCUT2D eigenvalue weighted by Gasteiger charge is -2.24. The Morgan fingerprint density at radius 2 is 2.25 bits per heavy atom. The molecule has 0 saturated heterocycles. The number of thiophene rings is 1. The monoisotopic (exact) mass is 417 g/mol. The van der Waals surface area contributed by atoms with Gasteiger partial charge in [-0.25, -0.2) is 0 Å². The van der Waals surface area contributed by atoms with Crippen LogP contribution < -0.4 is 5.32 Å². The van der Waals surface area contributed by atoms with Gasteiger partial charge in [-0.2, -0.15) is 0 Å². The Bertz CT molecular complexity index is 655. The Labute approximate surface area is 140 Å². The highest BCUT2D eigenvalue weighted by molar-refractivity contribution is 14.1. The lowest BCUT2D eigenvalue weighted by atomic mass is 9.94. The van der Waals surface area contributed by atoms with Crippen LogP contribution in [0.1, 0.15) is 39.7 Å². The van der Waals surface area contributed by atoms with E-state index in [1.807, 2.05) is 6.07 Å². The van der Waals surface area contributed by atoms with Crippen molar-refractivity contribution in [2.45, 2.75) is 25.3 Å². The average Bonchev–Trinajstić information content (AvgIpc) is 2.91. The maximum Gasteiger partial charge on any atom is 0.252 e. The standard InChI is InChI=1S/C15H13ClINOS/c16-9-4-5-12(17)11(8-9)15(19)18-13-2-1-3-14-10(13)6-7-20-14/h4-8,13H,1-3H2,(H,18,19). The Kier molecular flexibility index (Phi) is 4.33. The number of carbonyl (C=O) groups is 1. The van der Waals surface area contributed by atoms with Gasteiger partial charge in [0.05, 0.1) is 11.6 Å². The summed E-state index contributed by atoms with van der Waals surface area (Å²) in [5.74, 6) is -0.0408. The number of fused-ring (bicyclic) bond motifs is 1. The molecule has 20 heavy (non-hydrogen) atoms. The molecule has 1 atom stereocenters. The van der Waals surface area contributed by atoms with Gasteiger partial charge in [0.15, 0.2) is 0 Å². The molecular formula is C15H13ClINOS. The molecule has 1 unspecified atom stereocenters. The van der Waals surface area contributed by atoms with Crippen molar-refractivity contribution in [3.05, 3.63) is 54.2 Å². The summed E-state index contributed by atoms with van der Waals surface area (Å²) in [5, 5.41) is 5.85. The molecule has 1 aromatic carbocycles. The zero-order valence-electron chi connectivity index (χ0n) is 10.7. The first-order chi connectivity index (χ1) is 9.65.